The average molecular weight is 616 g/mol. The number of amides is 4. The summed E-state index contributed by atoms with van der Waals surface area (Å²) in [4.78, 5) is 61.5. The van der Waals surface area contributed by atoms with Gasteiger partial charge in [0.05, 0.1) is 45.3 Å². The van der Waals surface area contributed by atoms with Gasteiger partial charge in [-0.25, -0.2) is 28.2 Å². The summed E-state index contributed by atoms with van der Waals surface area (Å²) >= 11 is 0. The van der Waals surface area contributed by atoms with E-state index in [0.717, 1.165) is 11.6 Å². The third-order valence-electron chi connectivity index (χ3n) is 8.03. The molecule has 4 amide bonds. The second-order valence-corrected chi connectivity index (χ2v) is 13.0. The van der Waals surface area contributed by atoms with Gasteiger partial charge in [-0.15, -0.1) is 0 Å². The van der Waals surface area contributed by atoms with Crippen molar-refractivity contribution in [3.8, 4) is 11.4 Å². The quantitative estimate of drug-likeness (QED) is 0.267. The average Bonchev–Trinajstić information content (AvgIpc) is 3.29. The molecule has 4 aromatic heterocycles. The number of nitrogens with one attached hydrogen (secondary N) is 3. The van der Waals surface area contributed by atoms with E-state index in [1.165, 1.54) is 12.3 Å². The smallest absolute Gasteiger partial charge is 0.322 e. The number of carbonyl (C=O) groups excluding carboxylic acids is 3. The number of hydrogen-bond acceptors (Lipinski definition) is 11. The number of sulfone groups is 1. The molecule has 0 aromatic carbocycles. The van der Waals surface area contributed by atoms with Crippen LogP contribution in [0.3, 0.4) is 0 Å². The molecular weight excluding hydrogens is 586 g/mol. The first kappa shape index (κ1) is 29.0. The summed E-state index contributed by atoms with van der Waals surface area (Å²) in [5.41, 5.74) is 1.96. The molecule has 0 radical (unpaired) electrons. The van der Waals surface area contributed by atoms with E-state index in [-0.39, 0.29) is 28.8 Å². The predicted molar refractivity (Wildman–Crippen MR) is 159 cm³/mol. The molecule has 2 atom stereocenters. The number of anilines is 1. The van der Waals surface area contributed by atoms with Gasteiger partial charge in [0.1, 0.15) is 5.54 Å². The van der Waals surface area contributed by atoms with Crippen molar-refractivity contribution in [1.82, 2.24) is 40.9 Å². The normalized spacial score (nSPS) is 20.1. The number of aryl methyl sites for hydroxylation is 1. The van der Waals surface area contributed by atoms with Gasteiger partial charge in [-0.05, 0) is 43.7 Å². The summed E-state index contributed by atoms with van der Waals surface area (Å²) in [5, 5.41) is 8.70. The summed E-state index contributed by atoms with van der Waals surface area (Å²) in [6, 6.07) is 8.10. The maximum absolute atomic E-state index is 12.8. The first-order chi connectivity index (χ1) is 20.9. The number of urea groups is 1. The maximum atomic E-state index is 12.8. The summed E-state index contributed by atoms with van der Waals surface area (Å²) in [6.45, 7) is 4.56. The zero-order chi connectivity index (χ0) is 31.2. The molecule has 2 saturated heterocycles. The molecule has 6 rings (SSSR count). The van der Waals surface area contributed by atoms with Crippen LogP contribution in [-0.4, -0.2) is 76.1 Å². The minimum absolute atomic E-state index is 0.00650. The highest BCUT2D eigenvalue weighted by molar-refractivity contribution is 7.90. The van der Waals surface area contributed by atoms with Crippen LogP contribution in [0.4, 0.5) is 10.7 Å². The largest absolute Gasteiger partial charge is 0.346 e. The van der Waals surface area contributed by atoms with Gasteiger partial charge in [0.2, 0.25) is 5.95 Å². The standard InChI is InChI=1S/C29H29N9O5S/c1-16-15-38(9-7-29(16)26(40)36-28(41)37-29)27-30-8-6-22(35-27)21-5-4-18-12-32-20(11-23(18)34-21)14-33-25(39)19-10-24(44(3,42)43)17(2)31-13-19/h4-6,8,10-13,16H,7,9,14-15H2,1-3H3,(H,33,39)(H2,36,37,40,41)/t16-,29-/m1/s1. The molecular formula is C29H29N9O5S. The predicted octanol–water partition coefficient (Wildman–Crippen LogP) is 1.55. The minimum atomic E-state index is -3.53. The van der Waals surface area contributed by atoms with Crippen molar-refractivity contribution in [2.45, 2.75) is 37.2 Å². The van der Waals surface area contributed by atoms with Gasteiger partial charge in [-0.3, -0.25) is 24.9 Å². The Morgan fingerprint density at radius 3 is 2.61 bits per heavy atom. The highest BCUT2D eigenvalue weighted by Gasteiger charge is 2.52. The molecule has 6 heterocycles. The lowest BCUT2D eigenvalue weighted by Crippen LogP contribution is -2.60. The van der Waals surface area contributed by atoms with Crippen molar-refractivity contribution in [2.75, 3.05) is 24.2 Å². The number of fused-ring (bicyclic) bond motifs is 1. The summed E-state index contributed by atoms with van der Waals surface area (Å²) in [6.07, 6.45) is 6.16. The molecule has 0 aliphatic carbocycles. The molecule has 2 aliphatic rings. The Hall–Kier alpha value is -5.05. The number of aromatic nitrogens is 5. The summed E-state index contributed by atoms with van der Waals surface area (Å²) in [5.74, 6) is -0.442. The number of imide groups is 1. The summed E-state index contributed by atoms with van der Waals surface area (Å²) in [7, 11) is -3.53. The van der Waals surface area contributed by atoms with E-state index in [4.69, 9.17) is 9.97 Å². The SMILES string of the molecule is Cc1ncc(C(=O)NCc2cc3nc(-c4ccnc(N5CC[C@@]6(NC(=O)NC6=O)[C@H](C)C5)n4)ccc3cn2)cc1S(C)(=O)=O. The number of carbonyl (C=O) groups is 3. The molecule has 2 aliphatic heterocycles. The number of rotatable bonds is 6. The number of pyridine rings is 3. The zero-order valence-corrected chi connectivity index (χ0v) is 25.0. The lowest BCUT2D eigenvalue weighted by atomic mass is 9.79. The highest BCUT2D eigenvalue weighted by atomic mass is 32.2. The van der Waals surface area contributed by atoms with Gasteiger partial charge in [0.25, 0.3) is 11.8 Å². The van der Waals surface area contributed by atoms with Crippen LogP contribution in [0.2, 0.25) is 0 Å². The van der Waals surface area contributed by atoms with E-state index in [1.54, 1.807) is 31.5 Å². The topological polar surface area (TPSA) is 189 Å². The molecule has 0 unspecified atom stereocenters. The Labute approximate surface area is 252 Å². The van der Waals surface area contributed by atoms with Gasteiger partial charge in [0.15, 0.2) is 9.84 Å². The Morgan fingerprint density at radius 1 is 1.09 bits per heavy atom. The van der Waals surface area contributed by atoms with Crippen LogP contribution in [-0.2, 0) is 21.2 Å². The van der Waals surface area contributed by atoms with Crippen LogP contribution in [0, 0.1) is 12.8 Å². The minimum Gasteiger partial charge on any atom is -0.346 e. The molecule has 2 fully saturated rings. The summed E-state index contributed by atoms with van der Waals surface area (Å²) < 4.78 is 24.0. The molecule has 1 spiro atoms. The van der Waals surface area contributed by atoms with Crippen molar-refractivity contribution in [3.63, 3.8) is 0 Å². The molecule has 15 heteroatoms. The van der Waals surface area contributed by atoms with Crippen molar-refractivity contribution in [3.05, 3.63) is 65.9 Å². The molecule has 3 N–H and O–H groups in total. The van der Waals surface area contributed by atoms with E-state index >= 15 is 0 Å². The van der Waals surface area contributed by atoms with Crippen molar-refractivity contribution in [1.29, 1.82) is 0 Å². The molecule has 4 aromatic rings. The third-order valence-corrected chi connectivity index (χ3v) is 9.24. The monoisotopic (exact) mass is 615 g/mol. The Bertz CT molecular complexity index is 1950. The van der Waals surface area contributed by atoms with Crippen LogP contribution in [0.15, 0.2) is 53.8 Å². The second kappa shape index (κ2) is 10.9. The second-order valence-electron chi connectivity index (χ2n) is 11.0. The number of nitrogens with zero attached hydrogens (tertiary/aromatic N) is 6. The van der Waals surface area contributed by atoms with E-state index in [2.05, 4.69) is 30.9 Å². The van der Waals surface area contributed by atoms with E-state index in [1.807, 2.05) is 24.0 Å². The van der Waals surface area contributed by atoms with Crippen LogP contribution < -0.4 is 20.9 Å². The van der Waals surface area contributed by atoms with Crippen LogP contribution in [0.1, 0.15) is 35.1 Å². The van der Waals surface area contributed by atoms with Crippen LogP contribution in [0.25, 0.3) is 22.3 Å². The fourth-order valence-corrected chi connectivity index (χ4v) is 6.50. The lowest BCUT2D eigenvalue weighted by Gasteiger charge is -2.42. The van der Waals surface area contributed by atoms with Gasteiger partial charge >= 0.3 is 6.03 Å². The molecule has 226 valence electrons. The first-order valence-corrected chi connectivity index (χ1v) is 15.7. The van der Waals surface area contributed by atoms with Gasteiger partial charge < -0.3 is 15.5 Å². The van der Waals surface area contributed by atoms with Crippen molar-refractivity contribution >= 4 is 44.5 Å². The van der Waals surface area contributed by atoms with Gasteiger partial charge in [-0.2, -0.15) is 0 Å². The van der Waals surface area contributed by atoms with E-state index in [0.29, 0.717) is 53.8 Å². The maximum Gasteiger partial charge on any atom is 0.322 e. The number of hydrogen-bond donors (Lipinski definition) is 3. The Kier molecular flexibility index (Phi) is 7.19. The van der Waals surface area contributed by atoms with Crippen molar-refractivity contribution < 1.29 is 22.8 Å². The fraction of sp³-hybridized carbons (Fsp3) is 0.310. The van der Waals surface area contributed by atoms with Gasteiger partial charge in [0, 0.05) is 49.2 Å². The van der Waals surface area contributed by atoms with Crippen LogP contribution in [0.5, 0.6) is 0 Å². The molecule has 44 heavy (non-hydrogen) atoms. The van der Waals surface area contributed by atoms with Crippen molar-refractivity contribution in [2.24, 2.45) is 5.92 Å². The molecule has 0 saturated carbocycles. The first-order valence-electron chi connectivity index (χ1n) is 13.9. The van der Waals surface area contributed by atoms with E-state index < -0.39 is 27.3 Å². The molecule has 14 nitrogen and oxygen atoms in total. The van der Waals surface area contributed by atoms with E-state index in [9.17, 15) is 22.8 Å². The molecule has 0 bridgehead atoms. The third kappa shape index (κ3) is 5.41. The zero-order valence-electron chi connectivity index (χ0n) is 24.2. The Balaban J connectivity index is 1.18. The van der Waals surface area contributed by atoms with Gasteiger partial charge in [-0.1, -0.05) is 6.92 Å². The number of piperidine rings is 1. The van der Waals surface area contributed by atoms with Crippen LogP contribution >= 0.6 is 0 Å². The lowest BCUT2D eigenvalue weighted by molar-refractivity contribution is -0.126. The highest BCUT2D eigenvalue weighted by Crippen LogP contribution is 2.32. The Morgan fingerprint density at radius 2 is 1.89 bits per heavy atom. The fourth-order valence-electron chi connectivity index (χ4n) is 5.57.